The van der Waals surface area contributed by atoms with Crippen molar-refractivity contribution in [1.82, 2.24) is 10.2 Å². The van der Waals surface area contributed by atoms with Crippen LogP contribution in [0.3, 0.4) is 0 Å². The van der Waals surface area contributed by atoms with Gasteiger partial charge in [0.05, 0.1) is 7.11 Å². The van der Waals surface area contributed by atoms with E-state index in [2.05, 4.69) is 28.5 Å². The molecule has 0 unspecified atom stereocenters. The number of aromatic nitrogens is 2. The van der Waals surface area contributed by atoms with Crippen LogP contribution in [-0.2, 0) is 11.2 Å². The van der Waals surface area contributed by atoms with E-state index in [1.165, 1.54) is 30.1 Å². The molecule has 2 aromatic carbocycles. The summed E-state index contributed by atoms with van der Waals surface area (Å²) >= 11 is 1.32. The van der Waals surface area contributed by atoms with E-state index in [9.17, 15) is 10.1 Å². The van der Waals surface area contributed by atoms with Crippen LogP contribution in [0.25, 0.3) is 6.08 Å². The monoisotopic (exact) mass is 506 g/mol. The van der Waals surface area contributed by atoms with Crippen LogP contribution in [-0.4, -0.2) is 36.4 Å². The highest BCUT2D eigenvalue weighted by atomic mass is 32.1. The minimum absolute atomic E-state index is 0.0575. The molecule has 0 aliphatic heterocycles. The summed E-state index contributed by atoms with van der Waals surface area (Å²) in [6, 6.07) is 13.2. The number of benzene rings is 2. The molecule has 3 rings (SSSR count). The first kappa shape index (κ1) is 26.7. The lowest BCUT2D eigenvalue weighted by Crippen LogP contribution is -2.13. The number of hydrogen-bond acceptors (Lipinski definition) is 8. The van der Waals surface area contributed by atoms with Crippen molar-refractivity contribution in [2.24, 2.45) is 0 Å². The summed E-state index contributed by atoms with van der Waals surface area (Å²) in [5.74, 6) is 1.30. The highest BCUT2D eigenvalue weighted by Gasteiger charge is 2.14. The molecule has 0 fully saturated rings. The van der Waals surface area contributed by atoms with Gasteiger partial charge in [0.15, 0.2) is 11.5 Å². The van der Waals surface area contributed by atoms with Gasteiger partial charge in [0.1, 0.15) is 35.6 Å². The van der Waals surface area contributed by atoms with Crippen LogP contribution in [0.15, 0.2) is 42.0 Å². The Morgan fingerprint density at radius 2 is 1.83 bits per heavy atom. The molecule has 1 aromatic heterocycles. The molecule has 1 amide bonds. The summed E-state index contributed by atoms with van der Waals surface area (Å²) < 4.78 is 17.1. The van der Waals surface area contributed by atoms with E-state index in [0.29, 0.717) is 35.4 Å². The number of nitrogens with zero attached hydrogens (tertiary/aromatic N) is 3. The summed E-state index contributed by atoms with van der Waals surface area (Å²) in [5.41, 5.74) is 2.82. The van der Waals surface area contributed by atoms with Crippen molar-refractivity contribution in [3.63, 3.8) is 0 Å². The van der Waals surface area contributed by atoms with Gasteiger partial charge < -0.3 is 14.2 Å². The lowest BCUT2D eigenvalue weighted by molar-refractivity contribution is -0.112. The molecule has 0 bridgehead atoms. The molecule has 0 radical (unpaired) electrons. The highest BCUT2D eigenvalue weighted by Crippen LogP contribution is 2.29. The van der Waals surface area contributed by atoms with Crippen molar-refractivity contribution in [2.75, 3.05) is 25.6 Å². The fraction of sp³-hybridized carbons (Fsp3) is 0.333. The van der Waals surface area contributed by atoms with Crippen LogP contribution in [0.5, 0.6) is 17.2 Å². The maximum absolute atomic E-state index is 12.6. The first-order valence-corrected chi connectivity index (χ1v) is 12.5. The number of unbranched alkanes of at least 4 members (excludes halogenated alkanes) is 1. The maximum Gasteiger partial charge on any atom is 0.268 e. The Labute approximate surface area is 215 Å². The number of carbonyl (C=O) groups is 1. The molecular formula is C27H30N4O4S. The average Bonchev–Trinajstić information content (AvgIpc) is 3.32. The molecule has 0 aliphatic carbocycles. The second-order valence-corrected chi connectivity index (χ2v) is 9.17. The summed E-state index contributed by atoms with van der Waals surface area (Å²) in [4.78, 5) is 12.6. The molecule has 36 heavy (non-hydrogen) atoms. The number of carbonyl (C=O) groups excluding carboxylic acids is 1. The second kappa shape index (κ2) is 13.3. The molecule has 3 aromatic rings. The molecule has 9 heteroatoms. The standard InChI is InChI=1S/C27H30N4O4S/c1-5-6-7-25-30-31-27(36-25)29-26(32)21(17-28)15-20-9-11-23(24(16-20)33-4)35-13-12-34-22-10-8-18(2)14-19(22)3/h8-11,14-16H,5-7,12-13H2,1-4H3,(H,29,31,32)/b21-15-. The van der Waals surface area contributed by atoms with E-state index in [0.717, 1.165) is 35.6 Å². The fourth-order valence-corrected chi connectivity index (χ4v) is 4.15. The molecule has 0 saturated carbocycles. The van der Waals surface area contributed by atoms with Crippen LogP contribution < -0.4 is 19.5 Å². The minimum Gasteiger partial charge on any atom is -0.493 e. The molecular weight excluding hydrogens is 476 g/mol. The topological polar surface area (TPSA) is 106 Å². The number of hydrogen-bond donors (Lipinski definition) is 1. The Hall–Kier alpha value is -3.90. The lowest BCUT2D eigenvalue weighted by Gasteiger charge is -2.13. The van der Waals surface area contributed by atoms with Crippen molar-refractivity contribution >= 4 is 28.5 Å². The first-order chi connectivity index (χ1) is 17.4. The quantitative estimate of drug-likeness (QED) is 0.196. The van der Waals surface area contributed by atoms with Crippen molar-refractivity contribution in [3.8, 4) is 23.3 Å². The maximum atomic E-state index is 12.6. The van der Waals surface area contributed by atoms with Gasteiger partial charge in [-0.15, -0.1) is 10.2 Å². The fourth-order valence-electron chi connectivity index (χ4n) is 3.37. The van der Waals surface area contributed by atoms with Gasteiger partial charge in [-0.2, -0.15) is 5.26 Å². The zero-order valence-corrected chi connectivity index (χ0v) is 21.8. The van der Waals surface area contributed by atoms with Crippen molar-refractivity contribution in [3.05, 3.63) is 63.7 Å². The van der Waals surface area contributed by atoms with Crippen LogP contribution in [0.2, 0.25) is 0 Å². The number of methoxy groups -OCH3 is 1. The van der Waals surface area contributed by atoms with Crippen molar-refractivity contribution in [2.45, 2.75) is 40.0 Å². The Balaban J connectivity index is 1.60. The summed E-state index contributed by atoms with van der Waals surface area (Å²) in [6.07, 6.45) is 4.37. The van der Waals surface area contributed by atoms with Gasteiger partial charge in [-0.1, -0.05) is 48.4 Å². The third-order valence-electron chi connectivity index (χ3n) is 5.22. The molecule has 1 heterocycles. The number of nitriles is 1. The number of ether oxygens (including phenoxy) is 3. The molecule has 0 aliphatic rings. The zero-order chi connectivity index (χ0) is 25.9. The SMILES string of the molecule is CCCCc1nnc(NC(=O)/C(C#N)=C\c2ccc(OCCOc3ccc(C)cc3C)c(OC)c2)s1. The molecule has 0 atom stereocenters. The van der Waals surface area contributed by atoms with Gasteiger partial charge in [0.2, 0.25) is 5.13 Å². The van der Waals surface area contributed by atoms with Gasteiger partial charge in [0.25, 0.3) is 5.91 Å². The van der Waals surface area contributed by atoms with E-state index < -0.39 is 5.91 Å². The largest absolute Gasteiger partial charge is 0.493 e. The first-order valence-electron chi connectivity index (χ1n) is 11.7. The predicted molar refractivity (Wildman–Crippen MR) is 141 cm³/mol. The summed E-state index contributed by atoms with van der Waals surface area (Å²) in [7, 11) is 1.53. The van der Waals surface area contributed by atoms with Crippen LogP contribution in [0.4, 0.5) is 5.13 Å². The zero-order valence-electron chi connectivity index (χ0n) is 21.0. The Bertz CT molecular complexity index is 1260. The van der Waals surface area contributed by atoms with Gasteiger partial charge in [0, 0.05) is 6.42 Å². The van der Waals surface area contributed by atoms with Crippen molar-refractivity contribution < 1.29 is 19.0 Å². The Kier molecular flexibility index (Phi) is 9.83. The number of amides is 1. The van der Waals surface area contributed by atoms with Crippen LogP contribution in [0, 0.1) is 25.2 Å². The molecule has 0 spiro atoms. The smallest absolute Gasteiger partial charge is 0.268 e. The van der Waals surface area contributed by atoms with Crippen molar-refractivity contribution in [1.29, 1.82) is 5.26 Å². The number of aryl methyl sites for hydroxylation is 3. The Morgan fingerprint density at radius 3 is 2.53 bits per heavy atom. The number of nitrogens with one attached hydrogen (secondary N) is 1. The Morgan fingerprint density at radius 1 is 1.08 bits per heavy atom. The molecule has 8 nitrogen and oxygen atoms in total. The number of anilines is 1. The lowest BCUT2D eigenvalue weighted by atomic mass is 10.1. The van der Waals surface area contributed by atoms with E-state index in [1.807, 2.05) is 32.0 Å². The molecule has 0 saturated heterocycles. The highest BCUT2D eigenvalue weighted by molar-refractivity contribution is 7.15. The van der Waals surface area contributed by atoms with Gasteiger partial charge in [-0.05, 0) is 55.7 Å². The third kappa shape index (κ3) is 7.55. The van der Waals surface area contributed by atoms with Crippen LogP contribution >= 0.6 is 11.3 Å². The van der Waals surface area contributed by atoms with Gasteiger partial charge in [-0.25, -0.2) is 0 Å². The van der Waals surface area contributed by atoms with E-state index in [-0.39, 0.29) is 5.57 Å². The van der Waals surface area contributed by atoms with E-state index in [4.69, 9.17) is 14.2 Å². The minimum atomic E-state index is -0.543. The second-order valence-electron chi connectivity index (χ2n) is 8.10. The van der Waals surface area contributed by atoms with Crippen LogP contribution in [0.1, 0.15) is 41.5 Å². The van der Waals surface area contributed by atoms with Gasteiger partial charge in [-0.3, -0.25) is 10.1 Å². The average molecular weight is 507 g/mol. The van der Waals surface area contributed by atoms with Gasteiger partial charge >= 0.3 is 0 Å². The molecule has 188 valence electrons. The summed E-state index contributed by atoms with van der Waals surface area (Å²) in [6.45, 7) is 6.85. The third-order valence-corrected chi connectivity index (χ3v) is 6.12. The van der Waals surface area contributed by atoms with E-state index >= 15 is 0 Å². The normalized spacial score (nSPS) is 11.0. The van der Waals surface area contributed by atoms with E-state index in [1.54, 1.807) is 18.2 Å². The molecule has 1 N–H and O–H groups in total. The predicted octanol–water partition coefficient (Wildman–Crippen LogP) is 5.51. The summed E-state index contributed by atoms with van der Waals surface area (Å²) in [5, 5.41) is 21.5. The number of rotatable bonds is 12.